The number of nitrogens with zero attached hydrogens (tertiary/aromatic N) is 1. The fraction of sp³-hybridized carbons (Fsp3) is 0.100. The van der Waals surface area contributed by atoms with E-state index in [9.17, 15) is 4.39 Å². The molecule has 2 aromatic rings. The largest absolute Gasteiger partial charge is 0.345 e. The summed E-state index contributed by atoms with van der Waals surface area (Å²) in [5, 5.41) is 0. The summed E-state index contributed by atoms with van der Waals surface area (Å²) in [6, 6.07) is 5.13. The molecule has 3 heteroatoms. The molecule has 1 aromatic heterocycles. The van der Waals surface area contributed by atoms with Crippen LogP contribution in [0, 0.1) is 12.7 Å². The molecule has 0 aliphatic heterocycles. The van der Waals surface area contributed by atoms with Gasteiger partial charge in [0, 0.05) is 5.56 Å². The van der Waals surface area contributed by atoms with E-state index in [0.29, 0.717) is 5.56 Å². The predicted molar refractivity (Wildman–Crippen MR) is 48.7 cm³/mol. The lowest BCUT2D eigenvalue weighted by Crippen LogP contribution is -1.83. The van der Waals surface area contributed by atoms with Gasteiger partial charge < -0.3 is 4.98 Å². The Bertz CT molecular complexity index is 407. The molecule has 0 aliphatic rings. The molecule has 0 radical (unpaired) electrons. The van der Waals surface area contributed by atoms with E-state index >= 15 is 0 Å². The molecule has 1 N–H and O–H groups in total. The third-order valence-electron chi connectivity index (χ3n) is 1.98. The molecule has 0 fully saturated rings. The number of imidazole rings is 1. The van der Waals surface area contributed by atoms with Crippen LogP contribution in [-0.4, -0.2) is 9.97 Å². The van der Waals surface area contributed by atoms with Gasteiger partial charge in [-0.05, 0) is 18.6 Å². The number of nitrogens with one attached hydrogen (secondary N) is 1. The number of aromatic nitrogens is 2. The highest BCUT2D eigenvalue weighted by atomic mass is 19.1. The van der Waals surface area contributed by atoms with Crippen LogP contribution in [0.15, 0.2) is 30.7 Å². The molecular weight excluding hydrogens is 167 g/mol. The first-order chi connectivity index (χ1) is 6.27. The average Bonchev–Trinajstić information content (AvgIpc) is 2.62. The summed E-state index contributed by atoms with van der Waals surface area (Å²) in [5.74, 6) is -0.188. The Kier molecular flexibility index (Phi) is 1.85. The van der Waals surface area contributed by atoms with Crippen molar-refractivity contribution in [2.45, 2.75) is 6.92 Å². The van der Waals surface area contributed by atoms with E-state index in [1.165, 1.54) is 6.07 Å². The number of aromatic amines is 1. The minimum absolute atomic E-state index is 0.188. The fourth-order valence-corrected chi connectivity index (χ4v) is 1.17. The fourth-order valence-electron chi connectivity index (χ4n) is 1.17. The van der Waals surface area contributed by atoms with Crippen molar-refractivity contribution in [3.05, 3.63) is 42.1 Å². The monoisotopic (exact) mass is 176 g/mol. The van der Waals surface area contributed by atoms with Crippen molar-refractivity contribution in [2.75, 3.05) is 0 Å². The predicted octanol–water partition coefficient (Wildman–Crippen LogP) is 2.52. The summed E-state index contributed by atoms with van der Waals surface area (Å²) >= 11 is 0. The van der Waals surface area contributed by atoms with Gasteiger partial charge in [-0.1, -0.05) is 12.1 Å². The zero-order valence-electron chi connectivity index (χ0n) is 7.21. The van der Waals surface area contributed by atoms with Gasteiger partial charge in [-0.25, -0.2) is 9.37 Å². The second kappa shape index (κ2) is 3.01. The summed E-state index contributed by atoms with van der Waals surface area (Å²) in [4.78, 5) is 6.79. The quantitative estimate of drug-likeness (QED) is 0.710. The average molecular weight is 176 g/mol. The SMILES string of the molecule is Cc1ccc(-c2cnc[nH]2)cc1F. The maximum Gasteiger partial charge on any atom is 0.126 e. The van der Waals surface area contributed by atoms with E-state index in [-0.39, 0.29) is 5.82 Å². The smallest absolute Gasteiger partial charge is 0.126 e. The van der Waals surface area contributed by atoms with Crippen LogP contribution in [-0.2, 0) is 0 Å². The van der Waals surface area contributed by atoms with Crippen LogP contribution in [0.3, 0.4) is 0 Å². The van der Waals surface area contributed by atoms with E-state index < -0.39 is 0 Å². The Morgan fingerprint density at radius 1 is 1.38 bits per heavy atom. The lowest BCUT2D eigenvalue weighted by atomic mass is 10.1. The van der Waals surface area contributed by atoms with E-state index in [1.54, 1.807) is 25.5 Å². The molecule has 13 heavy (non-hydrogen) atoms. The first kappa shape index (κ1) is 7.98. The number of hydrogen-bond acceptors (Lipinski definition) is 1. The minimum atomic E-state index is -0.188. The van der Waals surface area contributed by atoms with Crippen molar-refractivity contribution in [3.8, 4) is 11.3 Å². The molecule has 2 nitrogen and oxygen atoms in total. The molecule has 0 amide bonds. The Morgan fingerprint density at radius 2 is 2.23 bits per heavy atom. The molecule has 0 bridgehead atoms. The van der Waals surface area contributed by atoms with Crippen LogP contribution >= 0.6 is 0 Å². The third-order valence-corrected chi connectivity index (χ3v) is 1.98. The lowest BCUT2D eigenvalue weighted by Gasteiger charge is -1.99. The molecule has 66 valence electrons. The summed E-state index contributed by atoms with van der Waals surface area (Å²) in [5.41, 5.74) is 2.31. The molecular formula is C10H9FN2. The molecule has 1 aromatic carbocycles. The normalized spacial score (nSPS) is 10.3. The van der Waals surface area contributed by atoms with Crippen LogP contribution < -0.4 is 0 Å². The van der Waals surface area contributed by atoms with Gasteiger partial charge in [0.1, 0.15) is 5.82 Å². The highest BCUT2D eigenvalue weighted by molar-refractivity contribution is 5.58. The van der Waals surface area contributed by atoms with Crippen molar-refractivity contribution >= 4 is 0 Å². The van der Waals surface area contributed by atoms with Crippen molar-refractivity contribution in [1.29, 1.82) is 0 Å². The van der Waals surface area contributed by atoms with Crippen LogP contribution in [0.4, 0.5) is 4.39 Å². The van der Waals surface area contributed by atoms with Gasteiger partial charge in [0.15, 0.2) is 0 Å². The topological polar surface area (TPSA) is 28.7 Å². The molecule has 0 aliphatic carbocycles. The van der Waals surface area contributed by atoms with E-state index in [1.807, 2.05) is 6.07 Å². The highest BCUT2D eigenvalue weighted by Crippen LogP contribution is 2.18. The van der Waals surface area contributed by atoms with Gasteiger partial charge >= 0.3 is 0 Å². The zero-order chi connectivity index (χ0) is 9.26. The van der Waals surface area contributed by atoms with Crippen molar-refractivity contribution in [2.24, 2.45) is 0 Å². The first-order valence-corrected chi connectivity index (χ1v) is 4.02. The van der Waals surface area contributed by atoms with E-state index in [4.69, 9.17) is 0 Å². The standard InChI is InChI=1S/C10H9FN2/c1-7-2-3-8(4-9(7)11)10-5-12-6-13-10/h2-6H,1H3,(H,12,13). The van der Waals surface area contributed by atoms with Gasteiger partial charge in [-0.2, -0.15) is 0 Å². The number of benzene rings is 1. The maximum atomic E-state index is 13.1. The lowest BCUT2D eigenvalue weighted by molar-refractivity contribution is 0.619. The second-order valence-corrected chi connectivity index (χ2v) is 2.93. The number of rotatable bonds is 1. The van der Waals surface area contributed by atoms with Crippen molar-refractivity contribution in [1.82, 2.24) is 9.97 Å². The molecule has 2 rings (SSSR count). The number of hydrogen-bond donors (Lipinski definition) is 1. The van der Waals surface area contributed by atoms with Gasteiger partial charge in [-0.15, -0.1) is 0 Å². The van der Waals surface area contributed by atoms with Crippen LogP contribution in [0.2, 0.25) is 0 Å². The summed E-state index contributed by atoms with van der Waals surface area (Å²) in [6.07, 6.45) is 3.25. The van der Waals surface area contributed by atoms with Gasteiger partial charge in [0.2, 0.25) is 0 Å². The van der Waals surface area contributed by atoms with Crippen LogP contribution in [0.1, 0.15) is 5.56 Å². The van der Waals surface area contributed by atoms with E-state index in [2.05, 4.69) is 9.97 Å². The Balaban J connectivity index is 2.49. The Morgan fingerprint density at radius 3 is 2.85 bits per heavy atom. The maximum absolute atomic E-state index is 13.1. The number of H-pyrrole nitrogens is 1. The summed E-state index contributed by atoms with van der Waals surface area (Å²) < 4.78 is 13.1. The summed E-state index contributed by atoms with van der Waals surface area (Å²) in [6.45, 7) is 1.74. The van der Waals surface area contributed by atoms with Gasteiger partial charge in [0.05, 0.1) is 18.2 Å². The summed E-state index contributed by atoms with van der Waals surface area (Å²) in [7, 11) is 0. The van der Waals surface area contributed by atoms with Gasteiger partial charge in [-0.3, -0.25) is 0 Å². The first-order valence-electron chi connectivity index (χ1n) is 4.02. The van der Waals surface area contributed by atoms with Gasteiger partial charge in [0.25, 0.3) is 0 Å². The molecule has 0 saturated heterocycles. The molecule has 0 spiro atoms. The van der Waals surface area contributed by atoms with Crippen LogP contribution in [0.25, 0.3) is 11.3 Å². The van der Waals surface area contributed by atoms with Crippen molar-refractivity contribution in [3.63, 3.8) is 0 Å². The molecule has 0 unspecified atom stereocenters. The molecule has 0 atom stereocenters. The molecule has 0 saturated carbocycles. The molecule has 1 heterocycles. The Labute approximate surface area is 75.4 Å². The minimum Gasteiger partial charge on any atom is -0.345 e. The third kappa shape index (κ3) is 1.45. The number of aryl methyl sites for hydroxylation is 1. The number of halogens is 1. The highest BCUT2D eigenvalue weighted by Gasteiger charge is 2.01. The Hall–Kier alpha value is -1.64. The zero-order valence-corrected chi connectivity index (χ0v) is 7.21. The van der Waals surface area contributed by atoms with Crippen molar-refractivity contribution < 1.29 is 4.39 Å². The second-order valence-electron chi connectivity index (χ2n) is 2.93. The van der Waals surface area contributed by atoms with Crippen LogP contribution in [0.5, 0.6) is 0 Å². The van der Waals surface area contributed by atoms with E-state index in [0.717, 1.165) is 11.3 Å².